The van der Waals surface area contributed by atoms with E-state index in [9.17, 15) is 23.2 Å². The summed E-state index contributed by atoms with van der Waals surface area (Å²) >= 11 is 9.72. The summed E-state index contributed by atoms with van der Waals surface area (Å²) in [6.07, 6.45) is -0.288. The summed E-state index contributed by atoms with van der Waals surface area (Å²) in [6, 6.07) is 17.0. The standard InChI is InChI=1S/C9H7BrFNO2.C9H5BrFNO.C9H6BrNO/c10-4-1-2-5-6(3-4)8(13)12-9(14)7(5)11;10-5-1-2-6-7(3-5)9(13)12-4-8(6)11;10-7-2-1-6-3-4-11-9(12)8(6)5-7/h1-3,7,9,14H,(H,12,13);1-4H,(H,12,13);1-5H,(H,11,12). The van der Waals surface area contributed by atoms with Crippen molar-refractivity contribution in [2.75, 3.05) is 0 Å². The van der Waals surface area contributed by atoms with Crippen molar-refractivity contribution in [3.05, 3.63) is 124 Å². The van der Waals surface area contributed by atoms with E-state index < -0.39 is 24.1 Å². The minimum absolute atomic E-state index is 0.0474. The number of hydrogen-bond donors (Lipinski definition) is 4. The van der Waals surface area contributed by atoms with Gasteiger partial charge in [0.1, 0.15) is 5.82 Å². The monoisotopic (exact) mass is 723 g/mol. The number of carbonyl (C=O) groups is 1. The van der Waals surface area contributed by atoms with Gasteiger partial charge in [0.25, 0.3) is 17.0 Å². The molecule has 6 rings (SSSR count). The normalized spacial score (nSPS) is 15.9. The molecule has 3 heterocycles. The van der Waals surface area contributed by atoms with Gasteiger partial charge in [-0.05, 0) is 47.9 Å². The van der Waals surface area contributed by atoms with Gasteiger partial charge < -0.3 is 20.4 Å². The molecule has 12 heteroatoms. The van der Waals surface area contributed by atoms with Crippen molar-refractivity contribution in [2.45, 2.75) is 12.4 Å². The van der Waals surface area contributed by atoms with Crippen molar-refractivity contribution in [1.29, 1.82) is 0 Å². The van der Waals surface area contributed by atoms with E-state index in [2.05, 4.69) is 63.1 Å². The highest BCUT2D eigenvalue weighted by atomic mass is 79.9. The van der Waals surface area contributed by atoms with Crippen LogP contribution in [0.1, 0.15) is 22.1 Å². The second-order valence-corrected chi connectivity index (χ2v) is 11.0. The van der Waals surface area contributed by atoms with Gasteiger partial charge in [0.2, 0.25) is 0 Å². The molecule has 3 aromatic carbocycles. The van der Waals surface area contributed by atoms with Crippen LogP contribution >= 0.6 is 47.8 Å². The number of pyridine rings is 2. The van der Waals surface area contributed by atoms with E-state index in [4.69, 9.17) is 5.11 Å². The minimum atomic E-state index is -1.56. The molecular weight excluding hydrogens is 708 g/mol. The molecule has 0 spiro atoms. The van der Waals surface area contributed by atoms with Gasteiger partial charge in [-0.2, -0.15) is 0 Å². The number of halogens is 5. The van der Waals surface area contributed by atoms with E-state index in [1.807, 2.05) is 24.3 Å². The molecule has 0 fully saturated rings. The molecule has 1 amide bonds. The molecule has 200 valence electrons. The predicted molar refractivity (Wildman–Crippen MR) is 156 cm³/mol. The molecule has 0 aliphatic carbocycles. The third-order valence-electron chi connectivity index (χ3n) is 5.66. The van der Waals surface area contributed by atoms with Gasteiger partial charge in [0.05, 0.1) is 5.39 Å². The molecule has 1 aliphatic rings. The number of carbonyl (C=O) groups excluding carboxylic acids is 1. The van der Waals surface area contributed by atoms with Gasteiger partial charge in [-0.15, -0.1) is 0 Å². The van der Waals surface area contributed by atoms with Crippen molar-refractivity contribution in [3.63, 3.8) is 0 Å². The van der Waals surface area contributed by atoms with Crippen LogP contribution < -0.4 is 16.4 Å². The van der Waals surface area contributed by atoms with E-state index in [1.165, 1.54) is 12.1 Å². The Morgan fingerprint density at radius 2 is 1.36 bits per heavy atom. The lowest BCUT2D eigenvalue weighted by molar-refractivity contribution is 0.0350. The predicted octanol–water partition coefficient (Wildman–Crippen LogP) is 6.24. The molecule has 0 bridgehead atoms. The number of aliphatic hydroxyl groups is 1. The molecule has 2 aromatic heterocycles. The highest BCUT2D eigenvalue weighted by Gasteiger charge is 2.32. The highest BCUT2D eigenvalue weighted by Crippen LogP contribution is 2.30. The fourth-order valence-corrected chi connectivity index (χ4v) is 4.86. The zero-order valence-corrected chi connectivity index (χ0v) is 24.4. The first-order valence-corrected chi connectivity index (χ1v) is 13.6. The first-order valence-electron chi connectivity index (χ1n) is 11.2. The van der Waals surface area contributed by atoms with Crippen LogP contribution in [0.5, 0.6) is 0 Å². The molecule has 0 radical (unpaired) electrons. The van der Waals surface area contributed by atoms with Crippen LogP contribution in [0, 0.1) is 5.82 Å². The summed E-state index contributed by atoms with van der Waals surface area (Å²) in [5, 5.41) is 13.6. The Hall–Kier alpha value is -3.19. The number of nitrogens with one attached hydrogen (secondary N) is 3. The van der Waals surface area contributed by atoms with E-state index in [-0.39, 0.29) is 22.2 Å². The molecule has 1 aliphatic heterocycles. The smallest absolute Gasteiger partial charge is 0.256 e. The lowest BCUT2D eigenvalue weighted by atomic mass is 9.98. The number of hydrogen-bond acceptors (Lipinski definition) is 4. The number of aliphatic hydroxyl groups excluding tert-OH is 1. The summed E-state index contributed by atoms with van der Waals surface area (Å²) < 4.78 is 28.9. The van der Waals surface area contributed by atoms with Crippen LogP contribution in [0.4, 0.5) is 8.78 Å². The SMILES string of the molecule is O=C1NC(O)C(F)c2ccc(Br)cc21.O=c1[nH]cc(F)c2ccc(Br)cc12.O=c1[nH]ccc2ccc(Br)cc12. The molecule has 4 N–H and O–H groups in total. The van der Waals surface area contributed by atoms with Crippen LogP contribution in [-0.2, 0) is 0 Å². The van der Waals surface area contributed by atoms with Crippen molar-refractivity contribution < 1.29 is 18.7 Å². The second-order valence-electron chi connectivity index (χ2n) is 8.25. The maximum Gasteiger partial charge on any atom is 0.256 e. The molecular formula is C27H18Br3F2N3O4. The summed E-state index contributed by atoms with van der Waals surface area (Å²) in [7, 11) is 0. The molecule has 2 unspecified atom stereocenters. The maximum absolute atomic E-state index is 13.4. The van der Waals surface area contributed by atoms with E-state index in [0.29, 0.717) is 20.6 Å². The van der Waals surface area contributed by atoms with E-state index >= 15 is 0 Å². The Kier molecular flexibility index (Phi) is 9.11. The van der Waals surface area contributed by atoms with Crippen LogP contribution in [0.25, 0.3) is 21.5 Å². The first kappa shape index (κ1) is 28.8. The highest BCUT2D eigenvalue weighted by molar-refractivity contribution is 9.11. The third kappa shape index (κ3) is 6.70. The number of H-pyrrole nitrogens is 2. The van der Waals surface area contributed by atoms with Gasteiger partial charge in [0.15, 0.2) is 12.4 Å². The number of alkyl halides is 1. The average Bonchev–Trinajstić information content (AvgIpc) is 2.91. The maximum atomic E-state index is 13.4. The third-order valence-corrected chi connectivity index (χ3v) is 7.14. The van der Waals surface area contributed by atoms with Gasteiger partial charge in [-0.1, -0.05) is 66.0 Å². The first-order chi connectivity index (χ1) is 18.5. The van der Waals surface area contributed by atoms with Gasteiger partial charge in [0, 0.05) is 47.7 Å². The zero-order chi connectivity index (χ0) is 28.3. The number of fused-ring (bicyclic) bond motifs is 3. The van der Waals surface area contributed by atoms with Gasteiger partial charge in [-0.25, -0.2) is 8.78 Å². The van der Waals surface area contributed by atoms with Crippen LogP contribution in [-0.4, -0.2) is 27.2 Å². The Morgan fingerprint density at radius 1 is 0.744 bits per heavy atom. The van der Waals surface area contributed by atoms with Crippen molar-refractivity contribution in [3.8, 4) is 0 Å². The molecule has 0 saturated carbocycles. The Balaban J connectivity index is 0.000000136. The zero-order valence-electron chi connectivity index (χ0n) is 19.6. The summed E-state index contributed by atoms with van der Waals surface area (Å²) in [6.45, 7) is 0. The quantitative estimate of drug-likeness (QED) is 0.151. The van der Waals surface area contributed by atoms with Crippen molar-refractivity contribution >= 4 is 75.2 Å². The van der Waals surface area contributed by atoms with Gasteiger partial charge >= 0.3 is 0 Å². The fourth-order valence-electron chi connectivity index (χ4n) is 3.77. The molecule has 2 atom stereocenters. The van der Waals surface area contributed by atoms with Crippen LogP contribution in [0.3, 0.4) is 0 Å². The Morgan fingerprint density at radius 3 is 2.10 bits per heavy atom. The van der Waals surface area contributed by atoms with E-state index in [1.54, 1.807) is 30.5 Å². The fraction of sp³-hybridized carbons (Fsp3) is 0.0741. The lowest BCUT2D eigenvalue weighted by Crippen LogP contribution is -2.42. The van der Waals surface area contributed by atoms with Crippen LogP contribution in [0.2, 0.25) is 0 Å². The molecule has 0 saturated heterocycles. The number of amides is 1. The number of rotatable bonds is 0. The summed E-state index contributed by atoms with van der Waals surface area (Å²) in [5.41, 5.74) is 0.160. The molecule has 7 nitrogen and oxygen atoms in total. The number of aromatic amines is 2. The largest absolute Gasteiger partial charge is 0.370 e. The Bertz CT molecular complexity index is 1810. The summed E-state index contributed by atoms with van der Waals surface area (Å²) in [5.74, 6) is -0.871. The minimum Gasteiger partial charge on any atom is -0.370 e. The number of benzene rings is 3. The van der Waals surface area contributed by atoms with Crippen LogP contribution in [0.15, 0.2) is 96.1 Å². The van der Waals surface area contributed by atoms with Gasteiger partial charge in [-0.3, -0.25) is 14.4 Å². The Labute approximate surface area is 244 Å². The second kappa shape index (κ2) is 12.3. The van der Waals surface area contributed by atoms with Crippen molar-refractivity contribution in [1.82, 2.24) is 15.3 Å². The van der Waals surface area contributed by atoms with Crippen molar-refractivity contribution in [2.24, 2.45) is 0 Å². The lowest BCUT2D eigenvalue weighted by Gasteiger charge is -2.25. The average molecular weight is 726 g/mol. The molecule has 39 heavy (non-hydrogen) atoms. The molecule has 5 aromatic rings. The summed E-state index contributed by atoms with van der Waals surface area (Å²) in [4.78, 5) is 38.8. The van der Waals surface area contributed by atoms with E-state index in [0.717, 1.165) is 20.5 Å². The topological polar surface area (TPSA) is 115 Å². The number of aromatic nitrogens is 2.